The molecule has 90 valence electrons. The van der Waals surface area contributed by atoms with Crippen LogP contribution in [0.4, 0.5) is 0 Å². The molecule has 2 aliphatic rings. The third-order valence-electron chi connectivity index (χ3n) is 3.04. The predicted molar refractivity (Wildman–Crippen MR) is 59.9 cm³/mol. The summed E-state index contributed by atoms with van der Waals surface area (Å²) in [7, 11) is 0. The van der Waals surface area contributed by atoms with Crippen molar-refractivity contribution < 1.29 is 14.3 Å². The van der Waals surface area contributed by atoms with Gasteiger partial charge in [-0.05, 0) is 19.3 Å². The van der Waals surface area contributed by atoms with Gasteiger partial charge in [0.15, 0.2) is 0 Å². The molecule has 1 unspecified atom stereocenters. The Kier molecular flexibility index (Phi) is 3.83. The fourth-order valence-corrected chi connectivity index (χ4v) is 2.31. The number of hydrogen-bond acceptors (Lipinski definition) is 4. The number of allylic oxidation sites excluding steroid dienone is 1. The van der Waals surface area contributed by atoms with E-state index in [-0.39, 0.29) is 12.1 Å². The summed E-state index contributed by atoms with van der Waals surface area (Å²) in [4.78, 5) is 13.3. The summed E-state index contributed by atoms with van der Waals surface area (Å²) >= 11 is 0. The van der Waals surface area contributed by atoms with Crippen LogP contribution in [0.3, 0.4) is 0 Å². The van der Waals surface area contributed by atoms with E-state index in [2.05, 4.69) is 11.0 Å². The molecule has 0 aromatic carbocycles. The molecule has 0 spiro atoms. The van der Waals surface area contributed by atoms with Crippen LogP contribution in [-0.4, -0.2) is 43.3 Å². The SMILES string of the molecule is CC(=O)OC1CCCC=C1N1CCOCC1. The maximum atomic E-state index is 11.0. The van der Waals surface area contributed by atoms with Crippen LogP contribution < -0.4 is 0 Å². The highest BCUT2D eigenvalue weighted by atomic mass is 16.5. The Morgan fingerprint density at radius 1 is 1.50 bits per heavy atom. The second-order valence-corrected chi connectivity index (χ2v) is 4.26. The molecule has 1 aliphatic carbocycles. The van der Waals surface area contributed by atoms with E-state index in [1.54, 1.807) is 0 Å². The summed E-state index contributed by atoms with van der Waals surface area (Å²) in [5, 5.41) is 0. The van der Waals surface area contributed by atoms with E-state index in [1.165, 1.54) is 12.6 Å². The van der Waals surface area contributed by atoms with Gasteiger partial charge in [-0.2, -0.15) is 0 Å². The first kappa shape index (κ1) is 11.5. The second kappa shape index (κ2) is 5.34. The van der Waals surface area contributed by atoms with Gasteiger partial charge in [0.2, 0.25) is 0 Å². The number of hydrogen-bond donors (Lipinski definition) is 0. The molecule has 1 atom stereocenters. The number of nitrogens with zero attached hydrogens (tertiary/aromatic N) is 1. The third kappa shape index (κ3) is 2.76. The van der Waals surface area contributed by atoms with Crippen molar-refractivity contribution in [3.8, 4) is 0 Å². The fourth-order valence-electron chi connectivity index (χ4n) is 2.31. The highest BCUT2D eigenvalue weighted by molar-refractivity contribution is 5.66. The van der Waals surface area contributed by atoms with Crippen LogP contribution in [0.1, 0.15) is 26.2 Å². The Morgan fingerprint density at radius 2 is 2.25 bits per heavy atom. The largest absolute Gasteiger partial charge is 0.456 e. The highest BCUT2D eigenvalue weighted by Gasteiger charge is 2.26. The Hall–Kier alpha value is -1.03. The van der Waals surface area contributed by atoms with Gasteiger partial charge >= 0.3 is 5.97 Å². The van der Waals surface area contributed by atoms with E-state index in [0.29, 0.717) is 0 Å². The summed E-state index contributed by atoms with van der Waals surface area (Å²) < 4.78 is 10.7. The van der Waals surface area contributed by atoms with Gasteiger partial charge in [0.25, 0.3) is 0 Å². The lowest BCUT2D eigenvalue weighted by Gasteiger charge is -2.36. The van der Waals surface area contributed by atoms with Crippen molar-refractivity contribution in [2.75, 3.05) is 26.3 Å². The maximum Gasteiger partial charge on any atom is 0.303 e. The van der Waals surface area contributed by atoms with Crippen molar-refractivity contribution in [3.63, 3.8) is 0 Å². The standard InChI is InChI=1S/C12H19NO3/c1-10(14)16-12-5-3-2-4-11(12)13-6-8-15-9-7-13/h4,12H,2-3,5-9H2,1H3. The zero-order chi connectivity index (χ0) is 11.4. The van der Waals surface area contributed by atoms with Gasteiger partial charge in [-0.25, -0.2) is 0 Å². The van der Waals surface area contributed by atoms with E-state index in [1.807, 2.05) is 0 Å². The molecule has 0 saturated carbocycles. The molecule has 1 fully saturated rings. The van der Waals surface area contributed by atoms with E-state index in [4.69, 9.17) is 9.47 Å². The smallest absolute Gasteiger partial charge is 0.303 e. The van der Waals surface area contributed by atoms with Gasteiger partial charge in [-0.3, -0.25) is 4.79 Å². The Bertz CT molecular complexity index is 282. The molecular formula is C12H19NO3. The fraction of sp³-hybridized carbons (Fsp3) is 0.750. The molecule has 2 rings (SSSR count). The first-order chi connectivity index (χ1) is 7.77. The quantitative estimate of drug-likeness (QED) is 0.664. The lowest BCUT2D eigenvalue weighted by atomic mass is 10.00. The molecule has 1 aliphatic heterocycles. The molecule has 1 heterocycles. The zero-order valence-electron chi connectivity index (χ0n) is 9.78. The van der Waals surface area contributed by atoms with Crippen molar-refractivity contribution in [1.82, 2.24) is 4.90 Å². The summed E-state index contributed by atoms with van der Waals surface area (Å²) in [6, 6.07) is 0. The molecule has 1 saturated heterocycles. The summed E-state index contributed by atoms with van der Waals surface area (Å²) in [5.41, 5.74) is 1.18. The minimum atomic E-state index is -0.189. The Balaban J connectivity index is 2.02. The zero-order valence-corrected chi connectivity index (χ0v) is 9.78. The Morgan fingerprint density at radius 3 is 2.94 bits per heavy atom. The molecule has 0 aromatic rings. The number of morpholine rings is 1. The van der Waals surface area contributed by atoms with E-state index in [9.17, 15) is 4.79 Å². The van der Waals surface area contributed by atoms with Crippen molar-refractivity contribution in [2.24, 2.45) is 0 Å². The van der Waals surface area contributed by atoms with Gasteiger partial charge in [0.05, 0.1) is 18.9 Å². The minimum absolute atomic E-state index is 0.0376. The average Bonchev–Trinajstić information content (AvgIpc) is 2.30. The third-order valence-corrected chi connectivity index (χ3v) is 3.04. The summed E-state index contributed by atoms with van der Waals surface area (Å²) in [6.07, 6.45) is 5.31. The number of carbonyl (C=O) groups is 1. The van der Waals surface area contributed by atoms with Crippen LogP contribution in [-0.2, 0) is 14.3 Å². The van der Waals surface area contributed by atoms with Crippen molar-refractivity contribution >= 4 is 5.97 Å². The number of carbonyl (C=O) groups excluding carboxylic acids is 1. The van der Waals surface area contributed by atoms with Crippen LogP contribution >= 0.6 is 0 Å². The first-order valence-corrected chi connectivity index (χ1v) is 5.97. The van der Waals surface area contributed by atoms with E-state index in [0.717, 1.165) is 45.6 Å². The van der Waals surface area contributed by atoms with Gasteiger partial charge in [0.1, 0.15) is 6.10 Å². The van der Waals surface area contributed by atoms with Crippen molar-refractivity contribution in [3.05, 3.63) is 11.8 Å². The van der Waals surface area contributed by atoms with Crippen LogP contribution in [0.5, 0.6) is 0 Å². The molecule has 16 heavy (non-hydrogen) atoms. The normalized spacial score (nSPS) is 26.2. The van der Waals surface area contributed by atoms with Gasteiger partial charge in [-0.15, -0.1) is 0 Å². The van der Waals surface area contributed by atoms with Crippen LogP contribution in [0.2, 0.25) is 0 Å². The van der Waals surface area contributed by atoms with Gasteiger partial charge < -0.3 is 14.4 Å². The second-order valence-electron chi connectivity index (χ2n) is 4.26. The van der Waals surface area contributed by atoms with Crippen LogP contribution in [0.15, 0.2) is 11.8 Å². The van der Waals surface area contributed by atoms with Crippen molar-refractivity contribution in [1.29, 1.82) is 0 Å². The molecular weight excluding hydrogens is 206 g/mol. The average molecular weight is 225 g/mol. The summed E-state index contributed by atoms with van der Waals surface area (Å²) in [5.74, 6) is -0.189. The Labute approximate surface area is 96.2 Å². The summed E-state index contributed by atoms with van der Waals surface area (Å²) in [6.45, 7) is 4.83. The van der Waals surface area contributed by atoms with Crippen molar-refractivity contribution in [2.45, 2.75) is 32.3 Å². The molecule has 4 heteroatoms. The monoisotopic (exact) mass is 225 g/mol. The molecule has 0 radical (unpaired) electrons. The van der Waals surface area contributed by atoms with Crippen LogP contribution in [0, 0.1) is 0 Å². The van der Waals surface area contributed by atoms with E-state index < -0.39 is 0 Å². The maximum absolute atomic E-state index is 11.0. The number of esters is 1. The topological polar surface area (TPSA) is 38.8 Å². The van der Waals surface area contributed by atoms with Crippen LogP contribution in [0.25, 0.3) is 0 Å². The van der Waals surface area contributed by atoms with Gasteiger partial charge in [-0.1, -0.05) is 6.08 Å². The molecule has 4 nitrogen and oxygen atoms in total. The number of ether oxygens (including phenoxy) is 2. The molecule has 0 amide bonds. The highest BCUT2D eigenvalue weighted by Crippen LogP contribution is 2.25. The minimum Gasteiger partial charge on any atom is -0.456 e. The van der Waals surface area contributed by atoms with E-state index >= 15 is 0 Å². The molecule has 0 bridgehead atoms. The molecule has 0 N–H and O–H groups in total. The first-order valence-electron chi connectivity index (χ1n) is 5.97. The molecule has 0 aromatic heterocycles. The lowest BCUT2D eigenvalue weighted by molar-refractivity contribution is -0.146. The van der Waals surface area contributed by atoms with Gasteiger partial charge in [0, 0.05) is 20.0 Å². The lowest BCUT2D eigenvalue weighted by Crippen LogP contribution is -2.41. The number of rotatable bonds is 2. The predicted octanol–water partition coefficient (Wildman–Crippen LogP) is 1.32.